The quantitative estimate of drug-likeness (QED) is 0.616. The third-order valence-electron chi connectivity index (χ3n) is 3.10. The highest BCUT2D eigenvalue weighted by Crippen LogP contribution is 2.26. The van der Waals surface area contributed by atoms with Crippen LogP contribution in [0.25, 0.3) is 6.08 Å². The average molecular weight is 322 g/mol. The van der Waals surface area contributed by atoms with Gasteiger partial charge in [0, 0.05) is 12.1 Å². The molecule has 1 heterocycles. The lowest BCUT2D eigenvalue weighted by Gasteiger charge is -2.12. The Morgan fingerprint density at radius 3 is 2.67 bits per heavy atom. The van der Waals surface area contributed by atoms with Crippen LogP contribution >= 0.6 is 23.2 Å². The number of carbonyl (C=O) groups excluding carboxylic acids is 2. The van der Waals surface area contributed by atoms with Crippen LogP contribution in [0.2, 0.25) is 10.0 Å². The summed E-state index contributed by atoms with van der Waals surface area (Å²) in [4.78, 5) is 27.9. The van der Waals surface area contributed by atoms with Crippen molar-refractivity contribution in [1.29, 1.82) is 0 Å². The van der Waals surface area contributed by atoms with E-state index in [0.717, 1.165) is 11.3 Å². The van der Waals surface area contributed by atoms with E-state index in [1.54, 1.807) is 38.1 Å². The molecule has 0 bridgehead atoms. The summed E-state index contributed by atoms with van der Waals surface area (Å²) in [5.74, 6) is -0.854. The fourth-order valence-corrected chi connectivity index (χ4v) is 2.51. The molecule has 0 N–H and O–H groups in total. The topological polar surface area (TPSA) is 46.5 Å². The number of rotatable bonds is 3. The summed E-state index contributed by atoms with van der Waals surface area (Å²) in [7, 11) is 0. The normalized spacial score (nSPS) is 15.6. The van der Waals surface area contributed by atoms with Gasteiger partial charge in [-0.2, -0.15) is 0 Å². The molecule has 3 nitrogen and oxygen atoms in total. The molecule has 1 aromatic rings. The highest BCUT2D eigenvalue weighted by Gasteiger charge is 2.22. The molecule has 0 aliphatic carbocycles. The first-order valence-corrected chi connectivity index (χ1v) is 7.10. The van der Waals surface area contributed by atoms with Crippen molar-refractivity contribution in [3.63, 3.8) is 0 Å². The Labute approximate surface area is 133 Å². The largest absolute Gasteiger partial charge is 0.289 e. The molecule has 0 fully saturated rings. The van der Waals surface area contributed by atoms with Gasteiger partial charge in [-0.05, 0) is 37.6 Å². The summed E-state index contributed by atoms with van der Waals surface area (Å²) in [5, 5.41) is 0.786. The van der Waals surface area contributed by atoms with Gasteiger partial charge >= 0.3 is 0 Å². The zero-order chi connectivity index (χ0) is 15.6. The van der Waals surface area contributed by atoms with Crippen LogP contribution in [-0.4, -0.2) is 17.4 Å². The lowest BCUT2D eigenvalue weighted by molar-refractivity contribution is -0.118. The molecule has 0 saturated carbocycles. The van der Waals surface area contributed by atoms with Gasteiger partial charge < -0.3 is 0 Å². The number of hydrogen-bond donors (Lipinski definition) is 0. The van der Waals surface area contributed by atoms with Crippen LogP contribution < -0.4 is 0 Å². The van der Waals surface area contributed by atoms with Crippen molar-refractivity contribution in [3.8, 4) is 0 Å². The van der Waals surface area contributed by atoms with E-state index in [2.05, 4.69) is 4.99 Å². The Kier molecular flexibility index (Phi) is 4.76. The summed E-state index contributed by atoms with van der Waals surface area (Å²) in [5.41, 5.74) is 2.21. The van der Waals surface area contributed by atoms with Gasteiger partial charge in [-0.15, -0.1) is 0 Å². The molecule has 0 atom stereocenters. The fraction of sp³-hybridized carbons (Fsp3) is 0.188. The van der Waals surface area contributed by atoms with Gasteiger partial charge in [0.1, 0.15) is 0 Å². The van der Waals surface area contributed by atoms with Crippen LogP contribution in [0, 0.1) is 0 Å². The summed E-state index contributed by atoms with van der Waals surface area (Å²) in [6.07, 6.45) is 3.41. The van der Waals surface area contributed by atoms with Crippen molar-refractivity contribution < 1.29 is 9.59 Å². The molecule has 1 aliphatic rings. The molecule has 1 amide bonds. The van der Waals surface area contributed by atoms with Gasteiger partial charge in [0.2, 0.25) is 0 Å². The second-order valence-corrected chi connectivity index (χ2v) is 5.61. The number of ketones is 1. The first kappa shape index (κ1) is 15.7. The minimum absolute atomic E-state index is 0.134. The van der Waals surface area contributed by atoms with Crippen LogP contribution in [-0.2, 0) is 9.59 Å². The Balaban J connectivity index is 2.26. The number of benzene rings is 1. The van der Waals surface area contributed by atoms with Gasteiger partial charge in [-0.25, -0.2) is 4.99 Å². The number of dihydropyridines is 1. The van der Waals surface area contributed by atoms with E-state index in [9.17, 15) is 9.59 Å². The van der Waals surface area contributed by atoms with Gasteiger partial charge in [0.05, 0.1) is 15.6 Å². The van der Waals surface area contributed by atoms with Crippen LogP contribution in [0.4, 0.5) is 0 Å². The van der Waals surface area contributed by atoms with Crippen molar-refractivity contribution in [2.24, 2.45) is 4.99 Å². The molecule has 108 valence electrons. The minimum atomic E-state index is -0.483. The molecule has 2 rings (SSSR count). The van der Waals surface area contributed by atoms with Gasteiger partial charge in [-0.1, -0.05) is 40.9 Å². The molecule has 0 spiro atoms. The van der Waals surface area contributed by atoms with Crippen LogP contribution in [0.15, 0.2) is 40.4 Å². The Morgan fingerprint density at radius 2 is 2.00 bits per heavy atom. The summed E-state index contributed by atoms with van der Waals surface area (Å²) < 4.78 is 0. The molecular formula is C16H13Cl2NO2. The molecule has 0 unspecified atom stereocenters. The predicted octanol–water partition coefficient (Wildman–Crippen LogP) is 4.28. The fourth-order valence-electron chi connectivity index (χ4n) is 2.14. The number of aliphatic imine (C=N–C) groups is 1. The van der Waals surface area contributed by atoms with Gasteiger partial charge in [0.25, 0.3) is 5.91 Å². The smallest absolute Gasteiger partial charge is 0.280 e. The number of carbonyl (C=O) groups is 2. The van der Waals surface area contributed by atoms with Crippen LogP contribution in [0.1, 0.15) is 25.8 Å². The van der Waals surface area contributed by atoms with E-state index < -0.39 is 5.91 Å². The Hall–Kier alpha value is -1.71. The number of amides is 1. The highest BCUT2D eigenvalue weighted by atomic mass is 35.5. The monoisotopic (exact) mass is 321 g/mol. The summed E-state index contributed by atoms with van der Waals surface area (Å²) in [6.45, 7) is 3.54. The van der Waals surface area contributed by atoms with Crippen LogP contribution in [0.5, 0.6) is 0 Å². The van der Waals surface area contributed by atoms with Crippen molar-refractivity contribution in [1.82, 2.24) is 0 Å². The second kappa shape index (κ2) is 6.37. The third-order valence-corrected chi connectivity index (χ3v) is 3.93. The zero-order valence-corrected chi connectivity index (χ0v) is 13.1. The predicted molar refractivity (Wildman–Crippen MR) is 85.9 cm³/mol. The van der Waals surface area contributed by atoms with Gasteiger partial charge in [0.15, 0.2) is 5.78 Å². The number of nitrogens with zero attached hydrogens (tertiary/aromatic N) is 1. The van der Waals surface area contributed by atoms with E-state index in [0.29, 0.717) is 22.0 Å². The minimum Gasteiger partial charge on any atom is -0.289 e. The highest BCUT2D eigenvalue weighted by molar-refractivity contribution is 6.43. The third kappa shape index (κ3) is 3.49. The number of halogens is 2. The van der Waals surface area contributed by atoms with E-state index in [1.165, 1.54) is 6.08 Å². The maximum absolute atomic E-state index is 12.2. The first-order valence-electron chi connectivity index (χ1n) is 6.35. The number of allylic oxidation sites excluding steroid dienone is 2. The Morgan fingerprint density at radius 1 is 1.29 bits per heavy atom. The second-order valence-electron chi connectivity index (χ2n) is 4.82. The number of hydrogen-bond acceptors (Lipinski definition) is 2. The Bertz CT molecular complexity index is 715. The molecule has 0 aromatic heterocycles. The van der Waals surface area contributed by atoms with Crippen LogP contribution in [0.3, 0.4) is 0 Å². The van der Waals surface area contributed by atoms with E-state index in [4.69, 9.17) is 23.2 Å². The molecular weight excluding hydrogens is 309 g/mol. The van der Waals surface area contributed by atoms with E-state index in [-0.39, 0.29) is 11.4 Å². The molecule has 1 aliphatic heterocycles. The maximum Gasteiger partial charge on any atom is 0.280 e. The summed E-state index contributed by atoms with van der Waals surface area (Å²) >= 11 is 12.0. The lowest BCUT2D eigenvalue weighted by atomic mass is 9.97. The zero-order valence-electron chi connectivity index (χ0n) is 11.6. The maximum atomic E-state index is 12.2. The molecule has 1 aromatic carbocycles. The summed E-state index contributed by atoms with van der Waals surface area (Å²) in [6, 6.07) is 5.14. The lowest BCUT2D eigenvalue weighted by Crippen LogP contribution is -2.18. The molecule has 0 saturated heterocycles. The van der Waals surface area contributed by atoms with Crippen molar-refractivity contribution in [2.45, 2.75) is 20.3 Å². The van der Waals surface area contributed by atoms with E-state index >= 15 is 0 Å². The van der Waals surface area contributed by atoms with Crippen molar-refractivity contribution in [2.75, 3.05) is 0 Å². The standard InChI is InChI=1S/C16H13Cl2NO2/c1-9-8-10(2)19-16(21)14(9)13(20)7-6-11-4-3-5-12(17)15(11)18/h3-7H,8H2,1-2H3/b7-6+. The van der Waals surface area contributed by atoms with E-state index in [1.807, 2.05) is 0 Å². The molecule has 21 heavy (non-hydrogen) atoms. The van der Waals surface area contributed by atoms with Crippen molar-refractivity contribution >= 4 is 46.7 Å². The SMILES string of the molecule is CC1=NC(=O)C(C(=O)/C=C/c2cccc(Cl)c2Cl)=C(C)C1. The van der Waals surface area contributed by atoms with Crippen molar-refractivity contribution in [3.05, 3.63) is 51.0 Å². The van der Waals surface area contributed by atoms with Gasteiger partial charge in [-0.3, -0.25) is 9.59 Å². The average Bonchev–Trinajstić information content (AvgIpc) is 2.39. The molecule has 5 heteroatoms. The molecule has 0 radical (unpaired) electrons. The first-order chi connectivity index (χ1) is 9.90.